The maximum atomic E-state index is 5.57. The van der Waals surface area contributed by atoms with Gasteiger partial charge in [-0.2, -0.15) is 0 Å². The predicted octanol–water partition coefficient (Wildman–Crippen LogP) is 1.42. The summed E-state index contributed by atoms with van der Waals surface area (Å²) in [5, 5.41) is 3.20. The van der Waals surface area contributed by atoms with Crippen LogP contribution in [0.3, 0.4) is 0 Å². The summed E-state index contributed by atoms with van der Waals surface area (Å²) in [7, 11) is 1.97. The smallest absolute Gasteiger partial charge is 0.0314 e. The Morgan fingerprint density at radius 2 is 1.92 bits per heavy atom. The Balaban J connectivity index is 2.58. The Morgan fingerprint density at radius 3 is 2.42 bits per heavy atom. The van der Waals surface area contributed by atoms with Gasteiger partial charge in [-0.25, -0.2) is 0 Å². The molecule has 12 heavy (non-hydrogen) atoms. The van der Waals surface area contributed by atoms with E-state index in [0.717, 1.165) is 12.1 Å². The molecule has 2 nitrogen and oxygen atoms in total. The third kappa shape index (κ3) is 2.55. The Hall–Kier alpha value is -1.02. The number of nitrogens with one attached hydrogen (secondary N) is 1. The van der Waals surface area contributed by atoms with Crippen LogP contribution in [0.5, 0.6) is 0 Å². The summed E-state index contributed by atoms with van der Waals surface area (Å²) in [4.78, 5) is 0. The molecule has 0 aliphatic rings. The Kier molecular flexibility index (Phi) is 3.11. The minimum absolute atomic E-state index is 0.522. The van der Waals surface area contributed by atoms with E-state index in [-0.39, 0.29) is 0 Å². The summed E-state index contributed by atoms with van der Waals surface area (Å²) < 4.78 is 0. The predicted molar refractivity (Wildman–Crippen MR) is 53.1 cm³/mol. The first-order valence-corrected chi connectivity index (χ1v) is 4.24. The van der Waals surface area contributed by atoms with Gasteiger partial charge in [-0.1, -0.05) is 12.1 Å². The van der Waals surface area contributed by atoms with E-state index in [1.807, 2.05) is 19.2 Å². The lowest BCUT2D eigenvalue weighted by Gasteiger charge is -2.09. The van der Waals surface area contributed by atoms with Gasteiger partial charge < -0.3 is 11.1 Å². The molecule has 0 radical (unpaired) electrons. The van der Waals surface area contributed by atoms with Crippen molar-refractivity contribution in [2.24, 2.45) is 0 Å². The van der Waals surface area contributed by atoms with Gasteiger partial charge in [0.05, 0.1) is 0 Å². The second kappa shape index (κ2) is 4.12. The lowest BCUT2D eigenvalue weighted by atomic mass is 10.1. The molecule has 1 atom stereocenters. The minimum atomic E-state index is 0.522. The molecule has 1 unspecified atom stereocenters. The van der Waals surface area contributed by atoms with Crippen molar-refractivity contribution in [2.75, 3.05) is 12.8 Å². The molecule has 1 rings (SSSR count). The highest BCUT2D eigenvalue weighted by molar-refractivity contribution is 5.39. The highest BCUT2D eigenvalue weighted by atomic mass is 14.8. The summed E-state index contributed by atoms with van der Waals surface area (Å²) in [5.41, 5.74) is 7.73. The van der Waals surface area contributed by atoms with Crippen LogP contribution in [0.4, 0.5) is 5.69 Å². The van der Waals surface area contributed by atoms with Crippen molar-refractivity contribution in [1.82, 2.24) is 5.32 Å². The van der Waals surface area contributed by atoms with Crippen LogP contribution >= 0.6 is 0 Å². The summed E-state index contributed by atoms with van der Waals surface area (Å²) in [6, 6.07) is 8.55. The SMILES string of the molecule is CNC(C)Cc1ccc(N)cc1. The topological polar surface area (TPSA) is 38.0 Å². The van der Waals surface area contributed by atoms with Crippen LogP contribution in [0, 0.1) is 0 Å². The number of anilines is 1. The highest BCUT2D eigenvalue weighted by Crippen LogP contribution is 2.07. The van der Waals surface area contributed by atoms with E-state index in [9.17, 15) is 0 Å². The summed E-state index contributed by atoms with van der Waals surface area (Å²) in [5.74, 6) is 0. The molecule has 66 valence electrons. The van der Waals surface area contributed by atoms with Crippen LogP contribution in [0.15, 0.2) is 24.3 Å². The zero-order valence-corrected chi connectivity index (χ0v) is 7.67. The fourth-order valence-electron chi connectivity index (χ4n) is 1.11. The van der Waals surface area contributed by atoms with Crippen molar-refractivity contribution in [2.45, 2.75) is 19.4 Å². The van der Waals surface area contributed by atoms with Crippen molar-refractivity contribution in [3.63, 3.8) is 0 Å². The van der Waals surface area contributed by atoms with Gasteiger partial charge >= 0.3 is 0 Å². The number of rotatable bonds is 3. The standard InChI is InChI=1S/C10H16N2/c1-8(12-2)7-9-3-5-10(11)6-4-9/h3-6,8,12H,7,11H2,1-2H3. The third-order valence-corrected chi connectivity index (χ3v) is 2.01. The molecule has 1 aromatic rings. The maximum Gasteiger partial charge on any atom is 0.0314 e. The fraction of sp³-hybridized carbons (Fsp3) is 0.400. The number of hydrogen-bond acceptors (Lipinski definition) is 2. The Labute approximate surface area is 73.8 Å². The van der Waals surface area contributed by atoms with E-state index in [0.29, 0.717) is 6.04 Å². The molecule has 0 saturated carbocycles. The molecule has 0 heterocycles. The van der Waals surface area contributed by atoms with Gasteiger partial charge in [0.25, 0.3) is 0 Å². The number of nitrogen functional groups attached to an aromatic ring is 1. The van der Waals surface area contributed by atoms with Gasteiger partial charge in [0.15, 0.2) is 0 Å². The quantitative estimate of drug-likeness (QED) is 0.663. The largest absolute Gasteiger partial charge is 0.399 e. The van der Waals surface area contributed by atoms with Gasteiger partial charge in [-0.15, -0.1) is 0 Å². The van der Waals surface area contributed by atoms with Gasteiger partial charge in [0, 0.05) is 11.7 Å². The van der Waals surface area contributed by atoms with E-state index >= 15 is 0 Å². The summed E-state index contributed by atoms with van der Waals surface area (Å²) in [6.07, 6.45) is 1.05. The molecule has 0 aromatic heterocycles. The second-order valence-electron chi connectivity index (χ2n) is 3.14. The van der Waals surface area contributed by atoms with Gasteiger partial charge in [0.1, 0.15) is 0 Å². The Bertz CT molecular complexity index is 228. The average Bonchev–Trinajstić information content (AvgIpc) is 2.09. The molecular weight excluding hydrogens is 148 g/mol. The maximum absolute atomic E-state index is 5.57. The molecule has 0 saturated heterocycles. The molecule has 3 N–H and O–H groups in total. The van der Waals surface area contributed by atoms with Gasteiger partial charge in [0.2, 0.25) is 0 Å². The zero-order valence-electron chi connectivity index (χ0n) is 7.67. The lowest BCUT2D eigenvalue weighted by Crippen LogP contribution is -2.23. The number of likely N-dealkylation sites (N-methyl/N-ethyl adjacent to an activating group) is 1. The first-order chi connectivity index (χ1) is 5.72. The van der Waals surface area contributed by atoms with Crippen LogP contribution < -0.4 is 11.1 Å². The van der Waals surface area contributed by atoms with Crippen LogP contribution in [0.2, 0.25) is 0 Å². The van der Waals surface area contributed by atoms with E-state index in [1.54, 1.807) is 0 Å². The van der Waals surface area contributed by atoms with Crippen LogP contribution in [0.1, 0.15) is 12.5 Å². The number of benzene rings is 1. The highest BCUT2D eigenvalue weighted by Gasteiger charge is 1.98. The van der Waals surface area contributed by atoms with Crippen LogP contribution in [0.25, 0.3) is 0 Å². The fourth-order valence-corrected chi connectivity index (χ4v) is 1.11. The van der Waals surface area contributed by atoms with Crippen molar-refractivity contribution < 1.29 is 0 Å². The second-order valence-corrected chi connectivity index (χ2v) is 3.14. The number of hydrogen-bond donors (Lipinski definition) is 2. The van der Waals surface area contributed by atoms with E-state index < -0.39 is 0 Å². The molecule has 1 aromatic carbocycles. The molecule has 0 spiro atoms. The molecule has 0 aliphatic carbocycles. The van der Waals surface area contributed by atoms with Gasteiger partial charge in [-0.3, -0.25) is 0 Å². The molecule has 0 bridgehead atoms. The van der Waals surface area contributed by atoms with E-state index in [4.69, 9.17) is 5.73 Å². The number of nitrogens with two attached hydrogens (primary N) is 1. The Morgan fingerprint density at radius 1 is 1.33 bits per heavy atom. The zero-order chi connectivity index (χ0) is 8.97. The molecule has 0 amide bonds. The van der Waals surface area contributed by atoms with Crippen molar-refractivity contribution in [1.29, 1.82) is 0 Å². The van der Waals surface area contributed by atoms with Crippen molar-refractivity contribution >= 4 is 5.69 Å². The van der Waals surface area contributed by atoms with Gasteiger partial charge in [-0.05, 0) is 38.1 Å². The normalized spacial score (nSPS) is 12.8. The molecule has 0 aliphatic heterocycles. The first kappa shape index (κ1) is 9.07. The summed E-state index contributed by atoms with van der Waals surface area (Å²) >= 11 is 0. The van der Waals surface area contributed by atoms with Crippen molar-refractivity contribution in [3.05, 3.63) is 29.8 Å². The average molecular weight is 164 g/mol. The monoisotopic (exact) mass is 164 g/mol. The van der Waals surface area contributed by atoms with Crippen LogP contribution in [-0.4, -0.2) is 13.1 Å². The minimum Gasteiger partial charge on any atom is -0.399 e. The molecular formula is C10H16N2. The lowest BCUT2D eigenvalue weighted by molar-refractivity contribution is 0.608. The molecule has 2 heteroatoms. The van der Waals surface area contributed by atoms with E-state index in [1.165, 1.54) is 5.56 Å². The van der Waals surface area contributed by atoms with Crippen molar-refractivity contribution in [3.8, 4) is 0 Å². The molecule has 0 fully saturated rings. The summed E-state index contributed by atoms with van der Waals surface area (Å²) in [6.45, 7) is 2.16. The van der Waals surface area contributed by atoms with E-state index in [2.05, 4.69) is 24.4 Å². The first-order valence-electron chi connectivity index (χ1n) is 4.24. The third-order valence-electron chi connectivity index (χ3n) is 2.01. The van der Waals surface area contributed by atoms with Crippen LogP contribution in [-0.2, 0) is 6.42 Å².